The number of hydrogen-bond donors (Lipinski definition) is 3. The van der Waals surface area contributed by atoms with Crippen molar-refractivity contribution in [2.75, 3.05) is 13.1 Å². The number of H-pyrrole nitrogens is 1. The molecule has 0 unspecified atom stereocenters. The molecule has 110 valence electrons. The first-order chi connectivity index (χ1) is 10.1. The Morgan fingerprint density at radius 2 is 1.90 bits per heavy atom. The van der Waals surface area contributed by atoms with E-state index in [0.29, 0.717) is 23.9 Å². The Bertz CT molecular complexity index is 723. The van der Waals surface area contributed by atoms with Gasteiger partial charge >= 0.3 is 0 Å². The van der Waals surface area contributed by atoms with Crippen LogP contribution in [0.5, 0.6) is 0 Å². The molecule has 2 aromatic rings. The molecule has 0 bridgehead atoms. The number of nitrogens with one attached hydrogen (secondary N) is 3. The van der Waals surface area contributed by atoms with Crippen molar-refractivity contribution in [2.24, 2.45) is 0 Å². The summed E-state index contributed by atoms with van der Waals surface area (Å²) >= 11 is 0. The number of rotatable bonds is 5. The molecular formula is C14H16N4O3. The molecule has 0 saturated carbocycles. The van der Waals surface area contributed by atoms with Gasteiger partial charge in [0.25, 0.3) is 11.5 Å². The van der Waals surface area contributed by atoms with Crippen LogP contribution in [0.15, 0.2) is 29.1 Å². The second kappa shape index (κ2) is 6.65. The minimum Gasteiger partial charge on any atom is -0.354 e. The summed E-state index contributed by atoms with van der Waals surface area (Å²) < 4.78 is 0. The largest absolute Gasteiger partial charge is 0.354 e. The molecule has 0 radical (unpaired) electrons. The number of aromatic nitrogens is 2. The van der Waals surface area contributed by atoms with E-state index in [4.69, 9.17) is 0 Å². The van der Waals surface area contributed by atoms with Crippen molar-refractivity contribution in [3.63, 3.8) is 0 Å². The molecule has 1 heterocycles. The number of aromatic amines is 1. The van der Waals surface area contributed by atoms with Gasteiger partial charge in [0, 0.05) is 19.5 Å². The van der Waals surface area contributed by atoms with E-state index in [9.17, 15) is 14.4 Å². The number of carbonyl (C=O) groups excluding carboxylic acids is 2. The van der Waals surface area contributed by atoms with E-state index in [-0.39, 0.29) is 23.8 Å². The number of hydrogen-bond acceptors (Lipinski definition) is 4. The van der Waals surface area contributed by atoms with Gasteiger partial charge in [0.15, 0.2) is 5.82 Å². The van der Waals surface area contributed by atoms with Crippen molar-refractivity contribution in [1.82, 2.24) is 20.6 Å². The highest BCUT2D eigenvalue weighted by Crippen LogP contribution is 2.05. The lowest BCUT2D eigenvalue weighted by Gasteiger charge is -2.06. The zero-order valence-corrected chi connectivity index (χ0v) is 11.6. The van der Waals surface area contributed by atoms with Crippen LogP contribution in [0.2, 0.25) is 0 Å². The molecule has 1 aromatic carbocycles. The van der Waals surface area contributed by atoms with Gasteiger partial charge in [-0.05, 0) is 12.1 Å². The summed E-state index contributed by atoms with van der Waals surface area (Å²) in [6.45, 7) is 2.34. The first-order valence-corrected chi connectivity index (χ1v) is 6.65. The molecule has 7 heteroatoms. The smallest absolute Gasteiger partial charge is 0.287 e. The average molecular weight is 288 g/mol. The molecule has 0 saturated heterocycles. The van der Waals surface area contributed by atoms with Gasteiger partial charge in [-0.2, -0.15) is 0 Å². The summed E-state index contributed by atoms with van der Waals surface area (Å²) in [6.07, 6.45) is 0.396. The Morgan fingerprint density at radius 3 is 2.67 bits per heavy atom. The molecule has 21 heavy (non-hydrogen) atoms. The van der Waals surface area contributed by atoms with Crippen LogP contribution in [0.4, 0.5) is 0 Å². The third kappa shape index (κ3) is 3.65. The van der Waals surface area contributed by atoms with Gasteiger partial charge in [0.2, 0.25) is 5.91 Å². The number of nitrogens with zero attached hydrogens (tertiary/aromatic N) is 1. The van der Waals surface area contributed by atoms with Crippen LogP contribution in [0, 0.1) is 0 Å². The average Bonchev–Trinajstić information content (AvgIpc) is 2.51. The Labute approximate surface area is 120 Å². The van der Waals surface area contributed by atoms with Gasteiger partial charge in [0.05, 0.1) is 10.9 Å². The predicted molar refractivity (Wildman–Crippen MR) is 78.0 cm³/mol. The lowest BCUT2D eigenvalue weighted by Crippen LogP contribution is -2.35. The van der Waals surface area contributed by atoms with Gasteiger partial charge in [-0.25, -0.2) is 4.98 Å². The van der Waals surface area contributed by atoms with Crippen LogP contribution >= 0.6 is 0 Å². The van der Waals surface area contributed by atoms with Gasteiger partial charge in [-0.15, -0.1) is 0 Å². The van der Waals surface area contributed by atoms with E-state index in [1.165, 1.54) is 0 Å². The number of amides is 2. The fourth-order valence-electron chi connectivity index (χ4n) is 1.78. The van der Waals surface area contributed by atoms with Crippen LogP contribution in [0.25, 0.3) is 10.9 Å². The normalized spacial score (nSPS) is 10.3. The van der Waals surface area contributed by atoms with Crippen LogP contribution in [-0.4, -0.2) is 34.9 Å². The Hall–Kier alpha value is -2.70. The Balaban J connectivity index is 2.03. The highest BCUT2D eigenvalue weighted by molar-refractivity contribution is 5.92. The van der Waals surface area contributed by atoms with Crippen LogP contribution in [-0.2, 0) is 4.79 Å². The molecule has 7 nitrogen and oxygen atoms in total. The summed E-state index contributed by atoms with van der Waals surface area (Å²) in [5.74, 6) is -0.606. The zero-order valence-electron chi connectivity index (χ0n) is 11.6. The molecule has 0 aliphatic carbocycles. The fourth-order valence-corrected chi connectivity index (χ4v) is 1.78. The van der Waals surface area contributed by atoms with E-state index in [2.05, 4.69) is 20.6 Å². The van der Waals surface area contributed by atoms with Crippen molar-refractivity contribution in [2.45, 2.75) is 13.3 Å². The third-order valence-corrected chi connectivity index (χ3v) is 2.88. The molecule has 0 aliphatic heterocycles. The predicted octanol–water partition coefficient (Wildman–Crippen LogP) is 0.179. The van der Waals surface area contributed by atoms with E-state index < -0.39 is 5.91 Å². The minimum absolute atomic E-state index is 0.0412. The van der Waals surface area contributed by atoms with Gasteiger partial charge in [0.1, 0.15) is 0 Å². The number of benzene rings is 1. The second-order valence-corrected chi connectivity index (χ2v) is 4.39. The Kier molecular flexibility index (Phi) is 4.65. The van der Waals surface area contributed by atoms with E-state index >= 15 is 0 Å². The fraction of sp³-hybridized carbons (Fsp3) is 0.286. The van der Waals surface area contributed by atoms with E-state index in [1.807, 2.05) is 0 Å². The van der Waals surface area contributed by atoms with Crippen molar-refractivity contribution in [3.05, 3.63) is 40.4 Å². The SMILES string of the molecule is CCC(=O)NCCNC(=O)c1nc2ccccc2c(=O)[nH]1. The second-order valence-electron chi connectivity index (χ2n) is 4.39. The molecule has 0 spiro atoms. The molecule has 2 amide bonds. The zero-order chi connectivity index (χ0) is 15.2. The van der Waals surface area contributed by atoms with Crippen molar-refractivity contribution in [3.8, 4) is 0 Å². The molecule has 2 rings (SSSR count). The topological polar surface area (TPSA) is 104 Å². The van der Waals surface area contributed by atoms with Crippen molar-refractivity contribution >= 4 is 22.7 Å². The van der Waals surface area contributed by atoms with E-state index in [1.54, 1.807) is 31.2 Å². The molecule has 1 aromatic heterocycles. The summed E-state index contributed by atoms with van der Waals surface area (Å²) in [5, 5.41) is 5.65. The number of carbonyl (C=O) groups is 2. The van der Waals surface area contributed by atoms with Crippen molar-refractivity contribution < 1.29 is 9.59 Å². The maximum Gasteiger partial charge on any atom is 0.287 e. The lowest BCUT2D eigenvalue weighted by atomic mass is 10.2. The molecule has 0 fully saturated rings. The first-order valence-electron chi connectivity index (χ1n) is 6.65. The molecule has 0 atom stereocenters. The number of para-hydroxylation sites is 1. The first kappa shape index (κ1) is 14.7. The standard InChI is InChI=1S/C14H16N4O3/c1-2-11(19)15-7-8-16-14(21)12-17-10-6-4-3-5-9(10)13(20)18-12/h3-6H,2,7-8H2,1H3,(H,15,19)(H,16,21)(H,17,18,20). The summed E-state index contributed by atoms with van der Waals surface area (Å²) in [4.78, 5) is 41.3. The third-order valence-electron chi connectivity index (χ3n) is 2.88. The minimum atomic E-state index is -0.483. The van der Waals surface area contributed by atoms with Crippen LogP contribution in [0.1, 0.15) is 24.0 Å². The highest BCUT2D eigenvalue weighted by Gasteiger charge is 2.10. The monoisotopic (exact) mass is 288 g/mol. The molecular weight excluding hydrogens is 272 g/mol. The Morgan fingerprint density at radius 1 is 1.19 bits per heavy atom. The maximum absolute atomic E-state index is 11.9. The highest BCUT2D eigenvalue weighted by atomic mass is 16.2. The van der Waals surface area contributed by atoms with Crippen LogP contribution in [0.3, 0.4) is 0 Å². The summed E-state index contributed by atoms with van der Waals surface area (Å²) in [5.41, 5.74) is 0.107. The summed E-state index contributed by atoms with van der Waals surface area (Å²) in [7, 11) is 0. The number of fused-ring (bicyclic) bond motifs is 1. The molecule has 3 N–H and O–H groups in total. The maximum atomic E-state index is 11.9. The van der Waals surface area contributed by atoms with E-state index in [0.717, 1.165) is 0 Å². The van der Waals surface area contributed by atoms with Gasteiger partial charge < -0.3 is 15.6 Å². The molecule has 0 aliphatic rings. The summed E-state index contributed by atoms with van der Waals surface area (Å²) in [6, 6.07) is 6.79. The quantitative estimate of drug-likeness (QED) is 0.683. The van der Waals surface area contributed by atoms with Gasteiger partial charge in [-0.1, -0.05) is 19.1 Å². The lowest BCUT2D eigenvalue weighted by molar-refractivity contribution is -0.120. The van der Waals surface area contributed by atoms with Gasteiger partial charge in [-0.3, -0.25) is 14.4 Å². The van der Waals surface area contributed by atoms with Crippen molar-refractivity contribution in [1.29, 1.82) is 0 Å². The van der Waals surface area contributed by atoms with Crippen LogP contribution < -0.4 is 16.2 Å².